The van der Waals surface area contributed by atoms with Crippen LogP contribution in [0.4, 0.5) is 0 Å². The SMILES string of the molecule is O=Cc1ccc(-[c-]2cccc2)cc1.[Fe+2].c1cc[cH-]c1. The van der Waals surface area contributed by atoms with Crippen LogP contribution in [0.3, 0.4) is 0 Å². The second-order valence-corrected chi connectivity index (χ2v) is 3.88. The van der Waals surface area contributed by atoms with Crippen LogP contribution in [0.25, 0.3) is 11.1 Å². The van der Waals surface area contributed by atoms with E-state index in [1.54, 1.807) is 0 Å². The largest absolute Gasteiger partial charge is 2.00 e. The maximum atomic E-state index is 10.4. The Bertz CT molecular complexity index is 531. The number of benzene rings is 1. The van der Waals surface area contributed by atoms with Gasteiger partial charge in [-0.15, -0.1) is 29.8 Å². The average Bonchev–Trinajstić information content (AvgIpc) is 3.14. The second-order valence-electron chi connectivity index (χ2n) is 3.88. The molecule has 0 heterocycles. The van der Waals surface area contributed by atoms with E-state index < -0.39 is 0 Å². The van der Waals surface area contributed by atoms with Crippen LogP contribution < -0.4 is 0 Å². The first-order chi connectivity index (χ1) is 8.90. The molecule has 3 rings (SSSR count). The molecule has 0 aliphatic heterocycles. The van der Waals surface area contributed by atoms with Gasteiger partial charge in [0, 0.05) is 0 Å². The van der Waals surface area contributed by atoms with Gasteiger partial charge in [0.1, 0.15) is 6.29 Å². The molecule has 96 valence electrons. The molecule has 0 aliphatic carbocycles. The Hall–Kier alpha value is -1.89. The Kier molecular flexibility index (Phi) is 6.59. The maximum absolute atomic E-state index is 10.4. The van der Waals surface area contributed by atoms with E-state index in [-0.39, 0.29) is 17.1 Å². The molecule has 2 heteroatoms. The summed E-state index contributed by atoms with van der Waals surface area (Å²) >= 11 is 0. The van der Waals surface area contributed by atoms with Crippen molar-refractivity contribution in [3.05, 3.63) is 84.4 Å². The molecule has 19 heavy (non-hydrogen) atoms. The number of hydrogen-bond acceptors (Lipinski definition) is 1. The minimum absolute atomic E-state index is 0. The molecule has 0 saturated heterocycles. The van der Waals surface area contributed by atoms with Crippen molar-refractivity contribution in [2.75, 3.05) is 0 Å². The molecule has 0 unspecified atom stereocenters. The standard InChI is InChI=1S/C12H9O.C5H5.Fe/c13-9-10-5-7-12(8-6-10)11-3-1-2-4-11;1-2-4-5-3-1;/h1-9H;1-5H;/q2*-1;+2. The summed E-state index contributed by atoms with van der Waals surface area (Å²) in [7, 11) is 0. The van der Waals surface area contributed by atoms with Crippen molar-refractivity contribution in [1.82, 2.24) is 0 Å². The molecule has 0 fully saturated rings. The van der Waals surface area contributed by atoms with Crippen molar-refractivity contribution in [2.45, 2.75) is 0 Å². The van der Waals surface area contributed by atoms with Crippen LogP contribution in [-0.2, 0) is 17.1 Å². The monoisotopic (exact) mass is 290 g/mol. The summed E-state index contributed by atoms with van der Waals surface area (Å²) in [5.74, 6) is 0. The van der Waals surface area contributed by atoms with E-state index in [9.17, 15) is 4.79 Å². The van der Waals surface area contributed by atoms with E-state index in [0.717, 1.165) is 17.4 Å². The molecule has 0 radical (unpaired) electrons. The zero-order valence-electron chi connectivity index (χ0n) is 10.3. The molecule has 0 saturated carbocycles. The Balaban J connectivity index is 0.000000256. The Morgan fingerprint density at radius 3 is 1.89 bits per heavy atom. The van der Waals surface area contributed by atoms with Crippen LogP contribution in [0.15, 0.2) is 78.9 Å². The number of carbonyl (C=O) groups excluding carboxylic acids is 1. The first-order valence-corrected chi connectivity index (χ1v) is 5.84. The van der Waals surface area contributed by atoms with E-state index in [1.165, 1.54) is 5.56 Å². The van der Waals surface area contributed by atoms with Crippen LogP contribution in [-0.4, -0.2) is 6.29 Å². The Morgan fingerprint density at radius 2 is 1.47 bits per heavy atom. The molecule has 0 atom stereocenters. The summed E-state index contributed by atoms with van der Waals surface area (Å²) in [6, 6.07) is 25.7. The topological polar surface area (TPSA) is 17.1 Å². The fraction of sp³-hybridized carbons (Fsp3) is 0. The minimum Gasteiger partial charge on any atom is -0.298 e. The van der Waals surface area contributed by atoms with E-state index in [0.29, 0.717) is 0 Å². The normalized spacial score (nSPS) is 8.84. The fourth-order valence-corrected chi connectivity index (χ4v) is 1.64. The van der Waals surface area contributed by atoms with E-state index in [4.69, 9.17) is 0 Å². The van der Waals surface area contributed by atoms with E-state index in [1.807, 2.05) is 66.7 Å². The molecule has 0 bridgehead atoms. The van der Waals surface area contributed by atoms with Crippen LogP contribution in [0.5, 0.6) is 0 Å². The molecule has 0 spiro atoms. The molecule has 0 aliphatic rings. The fourth-order valence-electron chi connectivity index (χ4n) is 1.64. The van der Waals surface area contributed by atoms with Crippen molar-refractivity contribution in [3.63, 3.8) is 0 Å². The van der Waals surface area contributed by atoms with Crippen LogP contribution >= 0.6 is 0 Å². The molecule has 0 amide bonds. The third-order valence-corrected chi connectivity index (χ3v) is 2.60. The molecular formula is C17H14FeO. The van der Waals surface area contributed by atoms with Crippen molar-refractivity contribution < 1.29 is 21.9 Å². The first-order valence-electron chi connectivity index (χ1n) is 5.84. The van der Waals surface area contributed by atoms with Gasteiger partial charge in [0.05, 0.1) is 0 Å². The van der Waals surface area contributed by atoms with Crippen molar-refractivity contribution in [3.8, 4) is 11.1 Å². The second kappa shape index (κ2) is 8.25. The first kappa shape index (κ1) is 15.2. The van der Waals surface area contributed by atoms with Crippen molar-refractivity contribution in [2.24, 2.45) is 0 Å². The summed E-state index contributed by atoms with van der Waals surface area (Å²) in [6.45, 7) is 0. The van der Waals surface area contributed by atoms with Gasteiger partial charge in [-0.25, -0.2) is 12.1 Å². The third kappa shape index (κ3) is 4.70. The van der Waals surface area contributed by atoms with Gasteiger partial charge >= 0.3 is 17.1 Å². The van der Waals surface area contributed by atoms with Gasteiger partial charge in [-0.05, 0) is 5.56 Å². The third-order valence-electron chi connectivity index (χ3n) is 2.60. The summed E-state index contributed by atoms with van der Waals surface area (Å²) in [6.07, 6.45) is 0.856. The quantitative estimate of drug-likeness (QED) is 0.391. The Labute approximate surface area is 124 Å². The smallest absolute Gasteiger partial charge is 0.298 e. The number of aldehydes is 1. The van der Waals surface area contributed by atoms with Gasteiger partial charge in [-0.3, -0.25) is 4.79 Å². The minimum atomic E-state index is 0. The zero-order chi connectivity index (χ0) is 12.6. The number of carbonyl (C=O) groups is 1. The van der Waals surface area contributed by atoms with Crippen molar-refractivity contribution >= 4 is 6.29 Å². The predicted octanol–water partition coefficient (Wildman–Crippen LogP) is 4.29. The molecular weight excluding hydrogens is 276 g/mol. The van der Waals surface area contributed by atoms with E-state index >= 15 is 0 Å². The van der Waals surface area contributed by atoms with Gasteiger partial charge in [0.25, 0.3) is 0 Å². The molecule has 3 aromatic rings. The average molecular weight is 290 g/mol. The summed E-state index contributed by atoms with van der Waals surface area (Å²) < 4.78 is 0. The van der Waals surface area contributed by atoms with Gasteiger partial charge in [0.15, 0.2) is 0 Å². The molecule has 1 nitrogen and oxygen atoms in total. The van der Waals surface area contributed by atoms with Gasteiger partial charge in [0.2, 0.25) is 0 Å². The predicted molar refractivity (Wildman–Crippen MR) is 74.9 cm³/mol. The number of hydrogen-bond donors (Lipinski definition) is 0. The molecule has 0 aromatic heterocycles. The van der Waals surface area contributed by atoms with Gasteiger partial charge in [-0.2, -0.15) is 30.3 Å². The van der Waals surface area contributed by atoms with Gasteiger partial charge in [-0.1, -0.05) is 17.7 Å². The summed E-state index contributed by atoms with van der Waals surface area (Å²) in [5, 5.41) is 0. The zero-order valence-corrected chi connectivity index (χ0v) is 11.4. The van der Waals surface area contributed by atoms with Crippen molar-refractivity contribution in [1.29, 1.82) is 0 Å². The van der Waals surface area contributed by atoms with Crippen LogP contribution in [0.2, 0.25) is 0 Å². The summed E-state index contributed by atoms with van der Waals surface area (Å²) in [4.78, 5) is 10.4. The van der Waals surface area contributed by atoms with Crippen LogP contribution in [0, 0.1) is 0 Å². The Morgan fingerprint density at radius 1 is 0.895 bits per heavy atom. The van der Waals surface area contributed by atoms with E-state index in [2.05, 4.69) is 12.1 Å². The molecule has 0 N–H and O–H groups in total. The number of rotatable bonds is 2. The van der Waals surface area contributed by atoms with Gasteiger partial charge < -0.3 is 0 Å². The maximum Gasteiger partial charge on any atom is 2.00 e. The molecule has 3 aromatic carbocycles. The summed E-state index contributed by atoms with van der Waals surface area (Å²) in [5.41, 5.74) is 3.06. The van der Waals surface area contributed by atoms with Crippen LogP contribution in [0.1, 0.15) is 10.4 Å².